The van der Waals surface area contributed by atoms with Crippen LogP contribution in [0.25, 0.3) is 0 Å². The molecule has 0 unspecified atom stereocenters. The Kier molecular flexibility index (Phi) is 3.88. The predicted molar refractivity (Wildman–Crippen MR) is 52.5 cm³/mol. The van der Waals surface area contributed by atoms with Gasteiger partial charge >= 0.3 is 0 Å². The van der Waals surface area contributed by atoms with Crippen LogP contribution < -0.4 is 11.1 Å². The van der Waals surface area contributed by atoms with E-state index in [0.717, 1.165) is 12.8 Å². The number of carbonyl (C=O) groups excluding carboxylic acids is 2. The largest absolute Gasteiger partial charge is 0.370 e. The number of amides is 2. The van der Waals surface area contributed by atoms with Crippen LogP contribution in [0.3, 0.4) is 0 Å². The number of nitrogens with two attached hydrogens (primary N) is 1. The molecule has 3 N–H and O–H groups in total. The van der Waals surface area contributed by atoms with Gasteiger partial charge in [-0.3, -0.25) is 9.59 Å². The monoisotopic (exact) mass is 199 g/mol. The van der Waals surface area contributed by atoms with Crippen molar-refractivity contribution in [1.29, 1.82) is 0 Å². The van der Waals surface area contributed by atoms with Crippen LogP contribution in [-0.2, 0) is 9.59 Å². The fourth-order valence-corrected chi connectivity index (χ4v) is 1.20. The number of likely N-dealkylation sites (N-methyl/N-ethyl adjacent to an activating group) is 1. The first-order valence-corrected chi connectivity index (χ1v) is 4.86. The Morgan fingerprint density at radius 2 is 2.14 bits per heavy atom. The minimum absolute atomic E-state index is 0.0805. The summed E-state index contributed by atoms with van der Waals surface area (Å²) in [6.07, 6.45) is 2.51. The van der Waals surface area contributed by atoms with Gasteiger partial charge in [-0.2, -0.15) is 0 Å². The quantitative estimate of drug-likeness (QED) is 0.543. The lowest BCUT2D eigenvalue weighted by Gasteiger charge is -2.16. The summed E-state index contributed by atoms with van der Waals surface area (Å²) in [5, 5.41) is 2.89. The zero-order valence-electron chi connectivity index (χ0n) is 8.45. The van der Waals surface area contributed by atoms with Crippen molar-refractivity contribution < 1.29 is 9.59 Å². The third-order valence-electron chi connectivity index (χ3n) is 2.31. The fraction of sp³-hybridized carbons (Fsp3) is 0.778. The molecule has 0 saturated heterocycles. The van der Waals surface area contributed by atoms with Crippen molar-refractivity contribution in [2.24, 2.45) is 5.73 Å². The lowest BCUT2D eigenvalue weighted by atomic mass is 10.4. The van der Waals surface area contributed by atoms with E-state index in [1.54, 1.807) is 4.90 Å². The van der Waals surface area contributed by atoms with E-state index in [9.17, 15) is 9.59 Å². The Morgan fingerprint density at radius 1 is 1.50 bits per heavy atom. The molecule has 1 fully saturated rings. The van der Waals surface area contributed by atoms with Crippen molar-refractivity contribution in [3.05, 3.63) is 0 Å². The van der Waals surface area contributed by atoms with E-state index in [4.69, 9.17) is 5.73 Å². The van der Waals surface area contributed by atoms with Crippen LogP contribution in [0, 0.1) is 0 Å². The van der Waals surface area contributed by atoms with Crippen LogP contribution in [0.5, 0.6) is 0 Å². The van der Waals surface area contributed by atoms with Gasteiger partial charge < -0.3 is 16.0 Å². The topological polar surface area (TPSA) is 75.4 Å². The Hall–Kier alpha value is -1.10. The maximum absolute atomic E-state index is 11.4. The smallest absolute Gasteiger partial charge is 0.236 e. The van der Waals surface area contributed by atoms with Crippen molar-refractivity contribution in [2.75, 3.05) is 20.1 Å². The van der Waals surface area contributed by atoms with Gasteiger partial charge in [0.05, 0.1) is 6.54 Å². The lowest BCUT2D eigenvalue weighted by molar-refractivity contribution is -0.129. The Labute approximate surface area is 83.6 Å². The van der Waals surface area contributed by atoms with E-state index in [-0.39, 0.29) is 18.2 Å². The summed E-state index contributed by atoms with van der Waals surface area (Å²) in [5.41, 5.74) is 4.95. The Bertz CT molecular complexity index is 226. The second-order valence-corrected chi connectivity index (χ2v) is 3.63. The summed E-state index contributed by atoms with van der Waals surface area (Å²) in [7, 11) is 1.82. The number of carbonyl (C=O) groups is 2. The van der Waals surface area contributed by atoms with Crippen LogP contribution >= 0.6 is 0 Å². The van der Waals surface area contributed by atoms with Crippen LogP contribution in [0.2, 0.25) is 0 Å². The van der Waals surface area contributed by atoms with Gasteiger partial charge in [0, 0.05) is 26.1 Å². The highest BCUT2D eigenvalue weighted by Crippen LogP contribution is 2.24. The van der Waals surface area contributed by atoms with E-state index in [0.29, 0.717) is 19.1 Å². The van der Waals surface area contributed by atoms with Gasteiger partial charge in [-0.1, -0.05) is 0 Å². The van der Waals surface area contributed by atoms with Crippen LogP contribution in [0.4, 0.5) is 0 Å². The molecule has 1 saturated carbocycles. The van der Waals surface area contributed by atoms with Crippen molar-refractivity contribution in [1.82, 2.24) is 10.2 Å². The molecular formula is C9H17N3O2. The molecular weight excluding hydrogens is 182 g/mol. The van der Waals surface area contributed by atoms with Gasteiger partial charge in [-0.15, -0.1) is 0 Å². The SMILES string of the molecule is CN(C(=O)CNCCC(N)=O)C1CC1. The molecule has 80 valence electrons. The van der Waals surface area contributed by atoms with E-state index >= 15 is 0 Å². The molecule has 0 atom stereocenters. The van der Waals surface area contributed by atoms with Crippen molar-refractivity contribution in [3.8, 4) is 0 Å². The maximum atomic E-state index is 11.4. The van der Waals surface area contributed by atoms with Crippen molar-refractivity contribution in [3.63, 3.8) is 0 Å². The molecule has 1 aliphatic rings. The normalized spacial score (nSPS) is 15.2. The summed E-state index contributed by atoms with van der Waals surface area (Å²) in [6.45, 7) is 0.764. The average molecular weight is 199 g/mol. The van der Waals surface area contributed by atoms with Crippen LogP contribution in [0.15, 0.2) is 0 Å². The van der Waals surface area contributed by atoms with E-state index in [1.165, 1.54) is 0 Å². The first-order valence-electron chi connectivity index (χ1n) is 4.86. The molecule has 1 aliphatic carbocycles. The summed E-state index contributed by atoms with van der Waals surface area (Å²) in [6, 6.07) is 0.445. The number of rotatable bonds is 6. The van der Waals surface area contributed by atoms with Crippen molar-refractivity contribution in [2.45, 2.75) is 25.3 Å². The first kappa shape index (κ1) is 11.0. The molecule has 5 heteroatoms. The third kappa shape index (κ3) is 3.74. The van der Waals surface area contributed by atoms with Gasteiger partial charge in [0.1, 0.15) is 0 Å². The summed E-state index contributed by atoms with van der Waals surface area (Å²) in [4.78, 5) is 23.6. The highest BCUT2D eigenvalue weighted by atomic mass is 16.2. The van der Waals surface area contributed by atoms with E-state index in [2.05, 4.69) is 5.32 Å². The Balaban J connectivity index is 2.05. The number of nitrogens with zero attached hydrogens (tertiary/aromatic N) is 1. The second kappa shape index (κ2) is 4.95. The maximum Gasteiger partial charge on any atom is 0.236 e. The lowest BCUT2D eigenvalue weighted by Crippen LogP contribution is -2.37. The summed E-state index contributed by atoms with van der Waals surface area (Å²) < 4.78 is 0. The number of hydrogen-bond acceptors (Lipinski definition) is 3. The molecule has 0 aliphatic heterocycles. The van der Waals surface area contributed by atoms with Gasteiger partial charge in [0.2, 0.25) is 11.8 Å². The molecule has 0 aromatic carbocycles. The van der Waals surface area contributed by atoms with Gasteiger partial charge in [0.15, 0.2) is 0 Å². The molecule has 0 heterocycles. The standard InChI is InChI=1S/C9H17N3O2/c1-12(7-2-3-7)9(14)6-11-5-4-8(10)13/h7,11H,2-6H2,1H3,(H2,10,13). The molecule has 0 bridgehead atoms. The first-order chi connectivity index (χ1) is 6.61. The molecule has 1 rings (SSSR count). The van der Waals surface area contributed by atoms with Gasteiger partial charge in [-0.25, -0.2) is 0 Å². The number of primary amides is 1. The molecule has 14 heavy (non-hydrogen) atoms. The zero-order chi connectivity index (χ0) is 10.6. The summed E-state index contributed by atoms with van der Waals surface area (Å²) in [5.74, 6) is -0.266. The predicted octanol–water partition coefficient (Wildman–Crippen LogP) is -0.928. The minimum atomic E-state index is -0.347. The Morgan fingerprint density at radius 3 is 2.64 bits per heavy atom. The number of hydrogen-bond donors (Lipinski definition) is 2. The van der Waals surface area contributed by atoms with Gasteiger partial charge in [0.25, 0.3) is 0 Å². The van der Waals surface area contributed by atoms with Crippen LogP contribution in [0.1, 0.15) is 19.3 Å². The highest BCUT2D eigenvalue weighted by molar-refractivity contribution is 5.78. The average Bonchev–Trinajstić information content (AvgIpc) is 2.93. The molecule has 0 spiro atoms. The molecule has 0 radical (unpaired) electrons. The highest BCUT2D eigenvalue weighted by Gasteiger charge is 2.28. The van der Waals surface area contributed by atoms with E-state index < -0.39 is 0 Å². The molecule has 0 aromatic heterocycles. The minimum Gasteiger partial charge on any atom is -0.370 e. The fourth-order valence-electron chi connectivity index (χ4n) is 1.20. The third-order valence-corrected chi connectivity index (χ3v) is 2.31. The molecule has 5 nitrogen and oxygen atoms in total. The second-order valence-electron chi connectivity index (χ2n) is 3.63. The van der Waals surface area contributed by atoms with E-state index in [1.807, 2.05) is 7.05 Å². The molecule has 2 amide bonds. The van der Waals surface area contributed by atoms with Crippen molar-refractivity contribution >= 4 is 11.8 Å². The van der Waals surface area contributed by atoms with Crippen LogP contribution in [-0.4, -0.2) is 42.9 Å². The van der Waals surface area contributed by atoms with Gasteiger partial charge in [-0.05, 0) is 12.8 Å². The summed E-state index contributed by atoms with van der Waals surface area (Å²) >= 11 is 0. The zero-order valence-corrected chi connectivity index (χ0v) is 8.45. The molecule has 0 aromatic rings. The number of nitrogens with one attached hydrogen (secondary N) is 1.